The molecule has 1 aliphatic heterocycles. The van der Waals surface area contributed by atoms with Crippen molar-refractivity contribution in [2.24, 2.45) is 0 Å². The van der Waals surface area contributed by atoms with Crippen LogP contribution in [0.25, 0.3) is 0 Å². The molecule has 1 fully saturated rings. The second-order valence-electron chi connectivity index (χ2n) is 5.00. The van der Waals surface area contributed by atoms with E-state index in [0.29, 0.717) is 6.54 Å². The van der Waals surface area contributed by atoms with Gasteiger partial charge in [0, 0.05) is 39.3 Å². The van der Waals surface area contributed by atoms with Crippen molar-refractivity contribution in [3.8, 4) is 0 Å². The molecule has 0 aromatic rings. The molecular weight excluding hydrogens is 232 g/mol. The summed E-state index contributed by atoms with van der Waals surface area (Å²) in [5.74, 6) is -0.114. The number of amides is 2. The third-order valence-electron chi connectivity index (χ3n) is 2.82. The highest BCUT2D eigenvalue weighted by Gasteiger charge is 2.18. The number of carbonyl (C=O) groups excluding carboxylic acids is 2. The van der Waals surface area contributed by atoms with E-state index >= 15 is 0 Å². The molecule has 0 aromatic heterocycles. The van der Waals surface area contributed by atoms with E-state index in [-0.39, 0.29) is 24.4 Å². The van der Waals surface area contributed by atoms with E-state index in [1.54, 1.807) is 7.05 Å². The van der Waals surface area contributed by atoms with Crippen LogP contribution in [0.2, 0.25) is 0 Å². The van der Waals surface area contributed by atoms with Crippen LogP contribution in [-0.2, 0) is 9.59 Å². The molecule has 0 spiro atoms. The summed E-state index contributed by atoms with van der Waals surface area (Å²) in [6.45, 7) is 7.95. The Kier molecular flexibility index (Phi) is 6.07. The molecule has 1 rings (SSSR count). The minimum absolute atomic E-state index is 0.00388. The van der Waals surface area contributed by atoms with E-state index < -0.39 is 0 Å². The van der Waals surface area contributed by atoms with Gasteiger partial charge in [-0.05, 0) is 13.8 Å². The molecule has 0 unspecified atom stereocenters. The Morgan fingerprint density at radius 3 is 2.50 bits per heavy atom. The zero-order chi connectivity index (χ0) is 13.5. The molecule has 0 bridgehead atoms. The van der Waals surface area contributed by atoms with Crippen LogP contribution in [-0.4, -0.2) is 74.0 Å². The molecule has 1 aliphatic rings. The van der Waals surface area contributed by atoms with Gasteiger partial charge in [-0.1, -0.05) is 0 Å². The van der Waals surface area contributed by atoms with Gasteiger partial charge in [-0.2, -0.15) is 0 Å². The smallest absolute Gasteiger partial charge is 0.239 e. The molecule has 1 heterocycles. The Morgan fingerprint density at radius 2 is 1.94 bits per heavy atom. The molecule has 18 heavy (non-hydrogen) atoms. The summed E-state index contributed by atoms with van der Waals surface area (Å²) in [6, 6.07) is 0.106. The van der Waals surface area contributed by atoms with Crippen LogP contribution in [0.15, 0.2) is 0 Å². The zero-order valence-electron chi connectivity index (χ0n) is 11.5. The molecule has 0 aromatic carbocycles. The molecule has 0 atom stereocenters. The van der Waals surface area contributed by atoms with E-state index in [4.69, 9.17) is 0 Å². The number of rotatable bonds is 5. The van der Waals surface area contributed by atoms with Gasteiger partial charge in [-0.3, -0.25) is 14.5 Å². The van der Waals surface area contributed by atoms with Crippen molar-refractivity contribution in [2.45, 2.75) is 19.9 Å². The monoisotopic (exact) mass is 256 g/mol. The summed E-state index contributed by atoms with van der Waals surface area (Å²) in [5, 5.41) is 6.02. The Morgan fingerprint density at radius 1 is 1.33 bits per heavy atom. The van der Waals surface area contributed by atoms with E-state index in [1.807, 2.05) is 13.8 Å². The number of nitrogens with one attached hydrogen (secondary N) is 2. The maximum Gasteiger partial charge on any atom is 0.239 e. The average molecular weight is 256 g/mol. The molecule has 6 heteroatoms. The second kappa shape index (κ2) is 7.33. The minimum Gasteiger partial charge on any atom is -0.352 e. The van der Waals surface area contributed by atoms with Gasteiger partial charge in [-0.25, -0.2) is 0 Å². The first-order valence-corrected chi connectivity index (χ1v) is 6.45. The first-order chi connectivity index (χ1) is 8.49. The lowest BCUT2D eigenvalue weighted by atomic mass is 10.3. The zero-order valence-corrected chi connectivity index (χ0v) is 11.5. The van der Waals surface area contributed by atoms with Crippen molar-refractivity contribution < 1.29 is 9.59 Å². The van der Waals surface area contributed by atoms with E-state index in [9.17, 15) is 9.59 Å². The van der Waals surface area contributed by atoms with Crippen LogP contribution >= 0.6 is 0 Å². The fraction of sp³-hybridized carbons (Fsp3) is 0.833. The lowest BCUT2D eigenvalue weighted by Crippen LogP contribution is -2.49. The number of hydrogen-bond acceptors (Lipinski definition) is 4. The molecule has 0 saturated carbocycles. The van der Waals surface area contributed by atoms with Gasteiger partial charge in [0.05, 0.1) is 13.1 Å². The number of hydrogen-bond donors (Lipinski definition) is 2. The van der Waals surface area contributed by atoms with Gasteiger partial charge < -0.3 is 15.5 Å². The quantitative estimate of drug-likeness (QED) is 0.654. The minimum atomic E-state index is -0.110. The Hall–Kier alpha value is -1.14. The highest BCUT2D eigenvalue weighted by Crippen LogP contribution is 1.95. The lowest BCUT2D eigenvalue weighted by molar-refractivity contribution is -0.135. The van der Waals surface area contributed by atoms with Crippen LogP contribution in [0, 0.1) is 0 Å². The molecule has 1 saturated heterocycles. The molecule has 0 radical (unpaired) electrons. The van der Waals surface area contributed by atoms with Crippen molar-refractivity contribution in [2.75, 3.05) is 46.3 Å². The second-order valence-corrected chi connectivity index (χ2v) is 5.00. The Labute approximate surface area is 109 Å². The van der Waals surface area contributed by atoms with Gasteiger partial charge in [-0.15, -0.1) is 0 Å². The summed E-state index contributed by atoms with van der Waals surface area (Å²) >= 11 is 0. The summed E-state index contributed by atoms with van der Waals surface area (Å²) < 4.78 is 0. The molecule has 2 amide bonds. The number of carbonyl (C=O) groups is 2. The van der Waals surface area contributed by atoms with E-state index in [2.05, 4.69) is 15.5 Å². The third-order valence-corrected chi connectivity index (χ3v) is 2.82. The standard InChI is InChI=1S/C12H24N4O2/c1-10(2)14-11(17)8-15(3)12(18)9-16-6-4-13-5-7-16/h10,13H,4-9H2,1-3H3,(H,14,17). The van der Waals surface area contributed by atoms with E-state index in [1.165, 1.54) is 4.90 Å². The largest absolute Gasteiger partial charge is 0.352 e. The Balaban J connectivity index is 2.29. The van der Waals surface area contributed by atoms with Crippen LogP contribution in [0.1, 0.15) is 13.8 Å². The van der Waals surface area contributed by atoms with Crippen molar-refractivity contribution in [1.29, 1.82) is 0 Å². The van der Waals surface area contributed by atoms with Gasteiger partial charge in [0.2, 0.25) is 11.8 Å². The van der Waals surface area contributed by atoms with Crippen molar-refractivity contribution in [1.82, 2.24) is 20.4 Å². The fourth-order valence-electron chi connectivity index (χ4n) is 1.85. The maximum atomic E-state index is 11.9. The van der Waals surface area contributed by atoms with Crippen LogP contribution in [0.4, 0.5) is 0 Å². The molecule has 104 valence electrons. The maximum absolute atomic E-state index is 11.9. The van der Waals surface area contributed by atoms with Crippen LogP contribution < -0.4 is 10.6 Å². The normalized spacial score (nSPS) is 16.7. The number of piperazine rings is 1. The van der Waals surface area contributed by atoms with Crippen LogP contribution in [0.3, 0.4) is 0 Å². The summed E-state index contributed by atoms with van der Waals surface area (Å²) in [7, 11) is 1.67. The van der Waals surface area contributed by atoms with Gasteiger partial charge >= 0.3 is 0 Å². The summed E-state index contributed by atoms with van der Waals surface area (Å²) in [4.78, 5) is 27.0. The average Bonchev–Trinajstić information content (AvgIpc) is 2.28. The van der Waals surface area contributed by atoms with Crippen molar-refractivity contribution in [3.63, 3.8) is 0 Å². The predicted octanol–water partition coefficient (Wildman–Crippen LogP) is -1.13. The highest BCUT2D eigenvalue weighted by atomic mass is 16.2. The topological polar surface area (TPSA) is 64.7 Å². The molecule has 2 N–H and O–H groups in total. The highest BCUT2D eigenvalue weighted by molar-refractivity contribution is 5.85. The third kappa shape index (κ3) is 5.46. The first-order valence-electron chi connectivity index (χ1n) is 6.45. The van der Waals surface area contributed by atoms with Gasteiger partial charge in [0.25, 0.3) is 0 Å². The first kappa shape index (κ1) is 14.9. The molecule has 0 aliphatic carbocycles. The van der Waals surface area contributed by atoms with Crippen LogP contribution in [0.5, 0.6) is 0 Å². The fourth-order valence-corrected chi connectivity index (χ4v) is 1.85. The Bertz CT molecular complexity index is 288. The van der Waals surface area contributed by atoms with Gasteiger partial charge in [0.15, 0.2) is 0 Å². The number of nitrogens with zero attached hydrogens (tertiary/aromatic N) is 2. The van der Waals surface area contributed by atoms with Gasteiger partial charge in [0.1, 0.15) is 0 Å². The van der Waals surface area contributed by atoms with Crippen molar-refractivity contribution in [3.05, 3.63) is 0 Å². The predicted molar refractivity (Wildman–Crippen MR) is 70.2 cm³/mol. The summed E-state index contributed by atoms with van der Waals surface area (Å²) in [5.41, 5.74) is 0. The lowest BCUT2D eigenvalue weighted by Gasteiger charge is -2.28. The summed E-state index contributed by atoms with van der Waals surface area (Å²) in [6.07, 6.45) is 0. The molecule has 6 nitrogen and oxygen atoms in total. The molecular formula is C12H24N4O2. The number of likely N-dealkylation sites (N-methyl/N-ethyl adjacent to an activating group) is 1. The van der Waals surface area contributed by atoms with Crippen molar-refractivity contribution >= 4 is 11.8 Å². The van der Waals surface area contributed by atoms with E-state index in [0.717, 1.165) is 26.2 Å². The SMILES string of the molecule is CC(C)NC(=O)CN(C)C(=O)CN1CCNCC1.